The zero-order chi connectivity index (χ0) is 14.5. The number of carbonyl (C=O) groups is 1. The number of unbranched alkanes of at least 4 members (excludes halogenated alkanes) is 1. The van der Waals surface area contributed by atoms with Crippen molar-refractivity contribution in [3.8, 4) is 0 Å². The molecule has 0 saturated heterocycles. The van der Waals surface area contributed by atoms with Gasteiger partial charge in [-0.25, -0.2) is 4.98 Å². The van der Waals surface area contributed by atoms with Gasteiger partial charge in [-0.1, -0.05) is 0 Å². The van der Waals surface area contributed by atoms with Crippen molar-refractivity contribution >= 4 is 44.9 Å². The molecule has 2 aromatic rings. The van der Waals surface area contributed by atoms with Crippen LogP contribution < -0.4 is 11.1 Å². The van der Waals surface area contributed by atoms with Gasteiger partial charge < -0.3 is 11.1 Å². The first-order chi connectivity index (χ1) is 9.63. The number of carbonyl (C=O) groups excluding carboxylic acids is 1. The second-order valence-electron chi connectivity index (χ2n) is 4.61. The molecule has 0 atom stereocenters. The molecule has 2 heterocycles. The summed E-state index contributed by atoms with van der Waals surface area (Å²) in [6.07, 6.45) is 4.20. The summed E-state index contributed by atoms with van der Waals surface area (Å²) in [7, 11) is 0. The number of rotatable bonds is 6. The molecule has 0 bridgehead atoms. The molecule has 108 valence electrons. The number of thioether (sulfide) groups is 1. The lowest BCUT2D eigenvalue weighted by Gasteiger charge is -2.03. The number of pyridine rings is 1. The highest BCUT2D eigenvalue weighted by molar-refractivity contribution is 7.98. The molecule has 2 aromatic heterocycles. The zero-order valence-corrected chi connectivity index (χ0v) is 13.4. The SMILES string of the molecule is CSCCCCNC(=O)c1sc2nc(C)ccc2c1N. The van der Waals surface area contributed by atoms with Crippen LogP contribution in [-0.2, 0) is 0 Å². The minimum atomic E-state index is -0.0905. The van der Waals surface area contributed by atoms with Gasteiger partial charge >= 0.3 is 0 Å². The first-order valence-corrected chi connectivity index (χ1v) is 8.77. The molecule has 0 fully saturated rings. The van der Waals surface area contributed by atoms with Crippen molar-refractivity contribution in [1.29, 1.82) is 0 Å². The Morgan fingerprint density at radius 1 is 1.45 bits per heavy atom. The molecule has 0 aliphatic rings. The summed E-state index contributed by atoms with van der Waals surface area (Å²) in [5.74, 6) is 1.04. The van der Waals surface area contributed by atoms with Crippen LogP contribution in [0.5, 0.6) is 0 Å². The Labute approximate surface area is 127 Å². The molecule has 0 aromatic carbocycles. The van der Waals surface area contributed by atoms with Gasteiger partial charge in [-0.05, 0) is 43.9 Å². The van der Waals surface area contributed by atoms with Gasteiger partial charge in [-0.3, -0.25) is 4.79 Å². The number of thiophene rings is 1. The van der Waals surface area contributed by atoms with E-state index in [1.165, 1.54) is 11.3 Å². The third-order valence-corrected chi connectivity index (χ3v) is 4.81. The Kier molecular flexibility index (Phi) is 5.25. The van der Waals surface area contributed by atoms with E-state index < -0.39 is 0 Å². The van der Waals surface area contributed by atoms with Gasteiger partial charge in [-0.15, -0.1) is 11.3 Å². The van der Waals surface area contributed by atoms with Crippen LogP contribution in [0.2, 0.25) is 0 Å². The molecular formula is C14H19N3OS2. The van der Waals surface area contributed by atoms with Gasteiger partial charge in [0, 0.05) is 17.6 Å². The summed E-state index contributed by atoms with van der Waals surface area (Å²) in [5.41, 5.74) is 7.52. The lowest BCUT2D eigenvalue weighted by molar-refractivity contribution is 0.0958. The molecule has 6 heteroatoms. The lowest BCUT2D eigenvalue weighted by Crippen LogP contribution is -2.24. The quantitative estimate of drug-likeness (QED) is 0.805. The normalized spacial score (nSPS) is 10.9. The smallest absolute Gasteiger partial charge is 0.263 e. The number of hydrogen-bond acceptors (Lipinski definition) is 5. The van der Waals surface area contributed by atoms with E-state index in [4.69, 9.17) is 5.73 Å². The van der Waals surface area contributed by atoms with Gasteiger partial charge in [0.05, 0.1) is 5.69 Å². The van der Waals surface area contributed by atoms with Crippen molar-refractivity contribution in [3.63, 3.8) is 0 Å². The highest BCUT2D eigenvalue weighted by atomic mass is 32.2. The van der Waals surface area contributed by atoms with E-state index >= 15 is 0 Å². The van der Waals surface area contributed by atoms with Crippen LogP contribution in [0.3, 0.4) is 0 Å². The Morgan fingerprint density at radius 2 is 2.25 bits per heavy atom. The second-order valence-corrected chi connectivity index (χ2v) is 6.59. The van der Waals surface area contributed by atoms with Crippen LogP contribution in [0.15, 0.2) is 12.1 Å². The molecule has 0 aliphatic carbocycles. The van der Waals surface area contributed by atoms with E-state index in [9.17, 15) is 4.79 Å². The lowest BCUT2D eigenvalue weighted by atomic mass is 10.2. The van der Waals surface area contributed by atoms with Crippen LogP contribution in [0.25, 0.3) is 10.2 Å². The maximum absolute atomic E-state index is 12.1. The van der Waals surface area contributed by atoms with Gasteiger partial charge in [-0.2, -0.15) is 11.8 Å². The fraction of sp³-hybridized carbons (Fsp3) is 0.429. The summed E-state index contributed by atoms with van der Waals surface area (Å²) in [4.78, 5) is 18.0. The third-order valence-electron chi connectivity index (χ3n) is 3.00. The van der Waals surface area contributed by atoms with Crippen molar-refractivity contribution in [2.45, 2.75) is 19.8 Å². The van der Waals surface area contributed by atoms with Crippen LogP contribution in [0.1, 0.15) is 28.2 Å². The summed E-state index contributed by atoms with van der Waals surface area (Å²) in [6.45, 7) is 2.63. The standard InChI is InChI=1S/C14H19N3OS2/c1-9-5-6-10-11(15)12(20-14(10)17-9)13(18)16-7-3-4-8-19-2/h5-6H,3-4,7-8,15H2,1-2H3,(H,16,18). The number of hydrogen-bond donors (Lipinski definition) is 2. The Morgan fingerprint density at radius 3 is 3.00 bits per heavy atom. The zero-order valence-electron chi connectivity index (χ0n) is 11.7. The molecular weight excluding hydrogens is 290 g/mol. The number of nitrogens with zero attached hydrogens (tertiary/aromatic N) is 1. The molecule has 20 heavy (non-hydrogen) atoms. The molecule has 2 rings (SSSR count). The summed E-state index contributed by atoms with van der Waals surface area (Å²) in [5, 5.41) is 3.80. The average molecular weight is 309 g/mol. The number of nitrogens with one attached hydrogen (secondary N) is 1. The predicted octanol–water partition coefficient (Wildman–Crippen LogP) is 3.06. The molecule has 0 unspecified atom stereocenters. The summed E-state index contributed by atoms with van der Waals surface area (Å²) in [6, 6.07) is 3.84. The number of anilines is 1. The fourth-order valence-electron chi connectivity index (χ4n) is 1.91. The van der Waals surface area contributed by atoms with Crippen molar-refractivity contribution in [1.82, 2.24) is 10.3 Å². The molecule has 0 radical (unpaired) electrons. The Bertz CT molecular complexity index is 610. The minimum Gasteiger partial charge on any atom is -0.397 e. The first kappa shape index (κ1) is 15.1. The van der Waals surface area contributed by atoms with Crippen molar-refractivity contribution in [2.75, 3.05) is 24.3 Å². The van der Waals surface area contributed by atoms with Crippen LogP contribution in [0, 0.1) is 6.92 Å². The number of amides is 1. The van der Waals surface area contributed by atoms with Gasteiger partial charge in [0.2, 0.25) is 0 Å². The predicted molar refractivity (Wildman–Crippen MR) is 88.7 cm³/mol. The number of aromatic nitrogens is 1. The highest BCUT2D eigenvalue weighted by Gasteiger charge is 2.16. The maximum atomic E-state index is 12.1. The maximum Gasteiger partial charge on any atom is 0.263 e. The minimum absolute atomic E-state index is 0.0905. The second kappa shape index (κ2) is 6.95. The fourth-order valence-corrected chi connectivity index (χ4v) is 3.46. The van der Waals surface area contributed by atoms with Crippen molar-refractivity contribution < 1.29 is 4.79 Å². The Balaban J connectivity index is 2.04. The molecule has 0 saturated carbocycles. The van der Waals surface area contributed by atoms with Gasteiger partial charge in [0.25, 0.3) is 5.91 Å². The van der Waals surface area contributed by atoms with E-state index in [1.807, 2.05) is 30.8 Å². The summed E-state index contributed by atoms with van der Waals surface area (Å²) >= 11 is 3.19. The molecule has 4 nitrogen and oxygen atoms in total. The van der Waals surface area contributed by atoms with Crippen molar-refractivity contribution in [2.24, 2.45) is 0 Å². The van der Waals surface area contributed by atoms with E-state index in [0.717, 1.165) is 34.5 Å². The summed E-state index contributed by atoms with van der Waals surface area (Å²) < 4.78 is 0. The number of aryl methyl sites for hydroxylation is 1. The van der Waals surface area contributed by atoms with E-state index in [2.05, 4.69) is 16.6 Å². The average Bonchev–Trinajstić information content (AvgIpc) is 2.75. The van der Waals surface area contributed by atoms with Crippen LogP contribution in [-0.4, -0.2) is 29.4 Å². The van der Waals surface area contributed by atoms with Gasteiger partial charge in [0.15, 0.2) is 0 Å². The van der Waals surface area contributed by atoms with E-state index in [1.54, 1.807) is 0 Å². The molecule has 0 spiro atoms. The molecule has 1 amide bonds. The monoisotopic (exact) mass is 309 g/mol. The van der Waals surface area contributed by atoms with Crippen LogP contribution in [0.4, 0.5) is 5.69 Å². The molecule has 3 N–H and O–H groups in total. The third kappa shape index (κ3) is 3.43. The van der Waals surface area contributed by atoms with Crippen LogP contribution >= 0.6 is 23.1 Å². The largest absolute Gasteiger partial charge is 0.397 e. The highest BCUT2D eigenvalue weighted by Crippen LogP contribution is 2.32. The number of nitrogen functional groups attached to an aromatic ring is 1. The first-order valence-electron chi connectivity index (χ1n) is 6.56. The molecule has 0 aliphatic heterocycles. The number of nitrogens with two attached hydrogens (primary N) is 1. The topological polar surface area (TPSA) is 68.0 Å². The number of fused-ring (bicyclic) bond motifs is 1. The Hall–Kier alpha value is -1.27. The van der Waals surface area contributed by atoms with Gasteiger partial charge in [0.1, 0.15) is 9.71 Å². The van der Waals surface area contributed by atoms with Crippen molar-refractivity contribution in [3.05, 3.63) is 22.7 Å². The van der Waals surface area contributed by atoms with E-state index in [-0.39, 0.29) is 5.91 Å². The van der Waals surface area contributed by atoms with E-state index in [0.29, 0.717) is 17.1 Å².